The Kier molecular flexibility index (Phi) is 12.3. The number of anilines is 2. The number of aromatic nitrogens is 2. The van der Waals surface area contributed by atoms with Gasteiger partial charge in [-0.1, -0.05) is 43.2 Å². The van der Waals surface area contributed by atoms with Crippen molar-refractivity contribution in [1.82, 2.24) is 25.0 Å². The molecule has 17 heteroatoms. The van der Waals surface area contributed by atoms with Crippen LogP contribution in [0, 0.1) is 15.5 Å². The van der Waals surface area contributed by atoms with Gasteiger partial charge in [0.15, 0.2) is 0 Å². The second kappa shape index (κ2) is 17.8. The molecule has 5 aromatic rings. The molecule has 3 aliphatic rings. The van der Waals surface area contributed by atoms with Crippen LogP contribution in [-0.2, 0) is 14.8 Å². The molecule has 2 aromatic heterocycles. The zero-order chi connectivity index (χ0) is 42.7. The molecule has 1 amide bonds. The SMILES string of the molecule is CC1(C)CCC(CN2CCN(c3ccc(C(=O)NS(=O)(=O)c4ccc(NNC5CCOCC5)c([N+](=O)[O-])c4)c(Oc4cnc5[nH]ccc5c4)c3)CC2)=C(c2ccc(Cl)cc2)C1. The number of hydrogen-bond donors (Lipinski definition) is 4. The van der Waals surface area contributed by atoms with Crippen LogP contribution < -0.4 is 25.2 Å². The molecule has 4 heterocycles. The van der Waals surface area contributed by atoms with E-state index in [0.29, 0.717) is 37.5 Å². The van der Waals surface area contributed by atoms with E-state index in [9.17, 15) is 23.3 Å². The Balaban J connectivity index is 1.00. The monoisotopic (exact) mass is 868 g/mol. The number of hydrogen-bond acceptors (Lipinski definition) is 12. The van der Waals surface area contributed by atoms with Gasteiger partial charge in [-0.15, -0.1) is 0 Å². The molecule has 1 aliphatic carbocycles. The molecule has 3 aromatic carbocycles. The first kappa shape index (κ1) is 42.2. The lowest BCUT2D eigenvalue weighted by molar-refractivity contribution is -0.384. The highest BCUT2D eigenvalue weighted by molar-refractivity contribution is 7.90. The van der Waals surface area contributed by atoms with Crippen molar-refractivity contribution in [2.24, 2.45) is 5.41 Å². The first-order valence-corrected chi connectivity index (χ1v) is 22.3. The van der Waals surface area contributed by atoms with Crippen LogP contribution >= 0.6 is 11.6 Å². The van der Waals surface area contributed by atoms with E-state index in [2.05, 4.69) is 61.3 Å². The minimum absolute atomic E-state index is 0.0242. The fourth-order valence-corrected chi connectivity index (χ4v) is 9.28. The van der Waals surface area contributed by atoms with Gasteiger partial charge in [-0.2, -0.15) is 0 Å². The summed E-state index contributed by atoms with van der Waals surface area (Å²) in [4.78, 5) is 37.0. The molecule has 15 nitrogen and oxygen atoms in total. The van der Waals surface area contributed by atoms with Gasteiger partial charge in [-0.05, 0) is 97.2 Å². The van der Waals surface area contributed by atoms with Gasteiger partial charge in [0, 0.05) is 86.4 Å². The summed E-state index contributed by atoms with van der Waals surface area (Å²) in [5, 5.41) is 13.6. The number of piperazine rings is 1. The van der Waals surface area contributed by atoms with E-state index < -0.39 is 31.4 Å². The fraction of sp³-hybridized carbons (Fsp3) is 0.364. The number of carbonyl (C=O) groups excluding carboxylic acids is 1. The van der Waals surface area contributed by atoms with Gasteiger partial charge in [0.2, 0.25) is 0 Å². The number of H-pyrrole nitrogens is 1. The first-order valence-electron chi connectivity index (χ1n) is 20.4. The number of hydrazine groups is 1. The number of pyridine rings is 1. The molecule has 0 radical (unpaired) electrons. The summed E-state index contributed by atoms with van der Waals surface area (Å²) in [7, 11) is -4.57. The number of amides is 1. The van der Waals surface area contributed by atoms with E-state index >= 15 is 0 Å². The van der Waals surface area contributed by atoms with Crippen LogP contribution in [0.15, 0.2) is 95.7 Å². The van der Waals surface area contributed by atoms with Gasteiger partial charge < -0.3 is 24.8 Å². The van der Waals surface area contributed by atoms with Crippen molar-refractivity contribution in [3.05, 3.63) is 117 Å². The van der Waals surface area contributed by atoms with Crippen LogP contribution in [0.5, 0.6) is 11.5 Å². The standard InChI is InChI=1S/C44H49ClN8O7S/c1-44(2)15-11-31(38(26-44)29-3-5-32(45)6-4-29)28-51-17-19-52(20-18-51)34-7-9-37(41(24-34)60-35-23-30-12-16-46-42(30)47-27-35)43(54)50-61(57,58)36-8-10-39(40(25-36)53(55)56)49-48-33-13-21-59-22-14-33/h3-10,12,16,23-25,27,33,48-49H,11,13-15,17-22,26,28H2,1-2H3,(H,46,47)(H,50,54). The van der Waals surface area contributed by atoms with Gasteiger partial charge in [-0.3, -0.25) is 19.8 Å². The van der Waals surface area contributed by atoms with Crippen molar-refractivity contribution in [1.29, 1.82) is 0 Å². The first-order chi connectivity index (χ1) is 29.3. The lowest BCUT2D eigenvalue weighted by Gasteiger charge is -2.39. The molecular weight excluding hydrogens is 820 g/mol. The molecule has 61 heavy (non-hydrogen) atoms. The van der Waals surface area contributed by atoms with E-state index in [0.717, 1.165) is 74.1 Å². The third kappa shape index (κ3) is 10.0. The highest BCUT2D eigenvalue weighted by atomic mass is 35.5. The van der Waals surface area contributed by atoms with E-state index in [1.54, 1.807) is 24.4 Å². The molecule has 0 bridgehead atoms. The average molecular weight is 869 g/mol. The lowest BCUT2D eigenvalue weighted by Crippen LogP contribution is -2.47. The van der Waals surface area contributed by atoms with Crippen LogP contribution in [-0.4, -0.2) is 86.1 Å². The molecule has 2 fully saturated rings. The van der Waals surface area contributed by atoms with Gasteiger partial charge in [0.25, 0.3) is 21.6 Å². The van der Waals surface area contributed by atoms with Gasteiger partial charge >= 0.3 is 0 Å². The Morgan fingerprint density at radius 2 is 1.80 bits per heavy atom. The third-order valence-corrected chi connectivity index (χ3v) is 13.3. The van der Waals surface area contributed by atoms with Crippen LogP contribution in [0.1, 0.15) is 61.9 Å². The minimum atomic E-state index is -4.57. The maximum absolute atomic E-state index is 13.9. The number of nitrogens with one attached hydrogen (secondary N) is 4. The quantitative estimate of drug-likeness (QED) is 0.0664. The minimum Gasteiger partial charge on any atom is -0.455 e. The zero-order valence-corrected chi connectivity index (χ0v) is 35.7. The number of rotatable bonds is 13. The van der Waals surface area contributed by atoms with E-state index in [1.807, 2.05) is 18.2 Å². The van der Waals surface area contributed by atoms with Crippen molar-refractivity contribution in [3.8, 4) is 11.5 Å². The summed E-state index contributed by atoms with van der Waals surface area (Å²) in [5.41, 5.74) is 11.3. The summed E-state index contributed by atoms with van der Waals surface area (Å²) in [6.07, 6.45) is 7.89. The smallest absolute Gasteiger partial charge is 0.295 e. The molecule has 8 rings (SSSR count). The van der Waals surface area contributed by atoms with Crippen molar-refractivity contribution >= 4 is 61.2 Å². The topological polar surface area (TPSA) is 184 Å². The highest BCUT2D eigenvalue weighted by Crippen LogP contribution is 2.43. The third-order valence-electron chi connectivity index (χ3n) is 11.7. The fourth-order valence-electron chi connectivity index (χ4n) is 8.17. The second-order valence-electron chi connectivity index (χ2n) is 16.6. The number of sulfonamides is 1. The number of carbonyl (C=O) groups is 1. The van der Waals surface area contributed by atoms with E-state index in [4.69, 9.17) is 21.1 Å². The van der Waals surface area contributed by atoms with Gasteiger partial charge in [0.05, 0.1) is 21.6 Å². The number of nitro benzene ring substituents is 1. The van der Waals surface area contributed by atoms with Gasteiger partial charge in [0.1, 0.15) is 22.8 Å². The molecule has 2 saturated heterocycles. The number of ether oxygens (including phenoxy) is 2. The highest BCUT2D eigenvalue weighted by Gasteiger charge is 2.30. The summed E-state index contributed by atoms with van der Waals surface area (Å²) in [6, 6.07) is 20.3. The zero-order valence-electron chi connectivity index (χ0n) is 34.1. The van der Waals surface area contributed by atoms with Crippen LogP contribution in [0.2, 0.25) is 5.02 Å². The summed E-state index contributed by atoms with van der Waals surface area (Å²) >= 11 is 6.24. The predicted octanol–water partition coefficient (Wildman–Crippen LogP) is 7.92. The number of nitro groups is 1. The molecule has 0 unspecified atom stereocenters. The Morgan fingerprint density at radius 3 is 2.56 bits per heavy atom. The Bertz CT molecular complexity index is 2570. The van der Waals surface area contributed by atoms with Crippen LogP contribution in [0.25, 0.3) is 16.6 Å². The van der Waals surface area contributed by atoms with Crippen molar-refractivity contribution in [2.75, 3.05) is 56.3 Å². The number of aromatic amines is 1. The summed E-state index contributed by atoms with van der Waals surface area (Å²) in [6.45, 7) is 9.75. The van der Waals surface area contributed by atoms with E-state index in [-0.39, 0.29) is 28.5 Å². The normalized spacial score (nSPS) is 17.7. The molecule has 320 valence electrons. The number of allylic oxidation sites excluding steroid dienone is 1. The molecule has 0 spiro atoms. The maximum atomic E-state index is 13.9. The average Bonchev–Trinajstić information content (AvgIpc) is 3.72. The summed E-state index contributed by atoms with van der Waals surface area (Å²) in [5.74, 6) is -0.496. The van der Waals surface area contributed by atoms with Crippen molar-refractivity contribution < 1.29 is 27.6 Å². The van der Waals surface area contributed by atoms with Crippen LogP contribution in [0.3, 0.4) is 0 Å². The number of benzene rings is 3. The maximum Gasteiger partial charge on any atom is 0.295 e. The molecule has 0 atom stereocenters. The molecule has 0 saturated carbocycles. The predicted molar refractivity (Wildman–Crippen MR) is 236 cm³/mol. The second-order valence-corrected chi connectivity index (χ2v) is 18.7. The Labute approximate surface area is 359 Å². The molecule has 4 N–H and O–H groups in total. The van der Waals surface area contributed by atoms with Gasteiger partial charge in [-0.25, -0.2) is 23.5 Å². The Hall–Kier alpha value is -5.52. The lowest BCUT2D eigenvalue weighted by atomic mass is 9.72. The van der Waals surface area contributed by atoms with Crippen molar-refractivity contribution in [2.45, 2.75) is 56.9 Å². The summed E-state index contributed by atoms with van der Waals surface area (Å²) < 4.78 is 41.1. The number of halogens is 1. The molecule has 2 aliphatic heterocycles. The largest absolute Gasteiger partial charge is 0.455 e. The number of nitrogens with zero attached hydrogens (tertiary/aromatic N) is 4. The van der Waals surface area contributed by atoms with E-state index in [1.165, 1.54) is 41.1 Å². The van der Waals surface area contributed by atoms with Crippen LogP contribution in [0.4, 0.5) is 17.1 Å². The number of fused-ring (bicyclic) bond motifs is 1. The van der Waals surface area contributed by atoms with Crippen molar-refractivity contribution in [3.63, 3.8) is 0 Å². The Morgan fingerprint density at radius 1 is 1.03 bits per heavy atom. The molecular formula is C44H49ClN8O7S.